The van der Waals surface area contributed by atoms with Gasteiger partial charge in [0.1, 0.15) is 12.1 Å². The molecule has 0 atom stereocenters. The number of anilines is 1. The second-order valence-corrected chi connectivity index (χ2v) is 4.35. The average Bonchev–Trinajstić information content (AvgIpc) is 2.46. The van der Waals surface area contributed by atoms with E-state index in [-0.39, 0.29) is 0 Å². The van der Waals surface area contributed by atoms with Gasteiger partial charge in [0.15, 0.2) is 0 Å². The Morgan fingerprint density at radius 2 is 1.95 bits per heavy atom. The molecule has 2 rings (SSSR count). The van der Waals surface area contributed by atoms with Crippen LogP contribution in [0.2, 0.25) is 0 Å². The number of rotatable bonds is 4. The normalized spacial score (nSPS) is 11.4. The van der Waals surface area contributed by atoms with Crippen molar-refractivity contribution in [2.45, 2.75) is 6.42 Å². The molecule has 0 aliphatic rings. The zero-order chi connectivity index (χ0) is 13.7. The van der Waals surface area contributed by atoms with E-state index in [1.165, 1.54) is 6.33 Å². The van der Waals surface area contributed by atoms with E-state index in [9.17, 15) is 0 Å². The number of aromatic nitrogens is 2. The molecule has 0 saturated heterocycles. The van der Waals surface area contributed by atoms with Crippen molar-refractivity contribution in [1.82, 2.24) is 9.97 Å². The van der Waals surface area contributed by atoms with E-state index in [0.717, 1.165) is 17.1 Å². The molecular formula is C14H16N4O. The lowest BCUT2D eigenvalue weighted by Gasteiger charge is -2.11. The van der Waals surface area contributed by atoms with Crippen LogP contribution in [0.25, 0.3) is 0 Å². The van der Waals surface area contributed by atoms with Crippen LogP contribution in [-0.4, -0.2) is 35.0 Å². The first-order valence-electron chi connectivity index (χ1n) is 5.95. The molecule has 0 radical (unpaired) electrons. The first-order valence-corrected chi connectivity index (χ1v) is 5.95. The second-order valence-electron chi connectivity index (χ2n) is 4.35. The Bertz CT molecular complexity index is 567. The molecule has 1 heterocycles. The van der Waals surface area contributed by atoms with Gasteiger partial charge in [0.2, 0.25) is 0 Å². The minimum Gasteiger partial charge on any atom is -0.411 e. The van der Waals surface area contributed by atoms with Crippen molar-refractivity contribution in [1.29, 1.82) is 0 Å². The van der Waals surface area contributed by atoms with Gasteiger partial charge in [0, 0.05) is 26.6 Å². The van der Waals surface area contributed by atoms with Gasteiger partial charge in [0.05, 0.1) is 11.4 Å². The molecule has 98 valence electrons. The van der Waals surface area contributed by atoms with Crippen LogP contribution in [0.5, 0.6) is 0 Å². The van der Waals surface area contributed by atoms with Crippen molar-refractivity contribution in [3.8, 4) is 0 Å². The zero-order valence-corrected chi connectivity index (χ0v) is 11.0. The summed E-state index contributed by atoms with van der Waals surface area (Å²) in [7, 11) is 3.84. The van der Waals surface area contributed by atoms with Gasteiger partial charge in [0.25, 0.3) is 0 Å². The van der Waals surface area contributed by atoms with E-state index in [2.05, 4.69) is 15.1 Å². The number of hydrogen-bond donors (Lipinski definition) is 1. The fourth-order valence-electron chi connectivity index (χ4n) is 1.72. The average molecular weight is 256 g/mol. The molecule has 0 aliphatic heterocycles. The van der Waals surface area contributed by atoms with E-state index in [1.807, 2.05) is 55.4 Å². The summed E-state index contributed by atoms with van der Waals surface area (Å²) < 4.78 is 0. The van der Waals surface area contributed by atoms with Crippen molar-refractivity contribution in [3.63, 3.8) is 0 Å². The van der Waals surface area contributed by atoms with Crippen LogP contribution in [0, 0.1) is 0 Å². The molecule has 0 unspecified atom stereocenters. The maximum Gasteiger partial charge on any atom is 0.131 e. The van der Waals surface area contributed by atoms with Gasteiger partial charge in [-0.25, -0.2) is 9.97 Å². The van der Waals surface area contributed by atoms with Gasteiger partial charge in [-0.15, -0.1) is 0 Å². The van der Waals surface area contributed by atoms with Crippen LogP contribution in [-0.2, 0) is 6.42 Å². The lowest BCUT2D eigenvalue weighted by molar-refractivity contribution is 0.318. The molecule has 5 heteroatoms. The summed E-state index contributed by atoms with van der Waals surface area (Å²) in [6, 6.07) is 11.4. The highest BCUT2D eigenvalue weighted by Gasteiger charge is 2.08. The summed E-state index contributed by atoms with van der Waals surface area (Å²) in [5.41, 5.74) is 2.29. The predicted octanol–water partition coefficient (Wildman–Crippen LogP) is 1.96. The molecule has 5 nitrogen and oxygen atoms in total. The Balaban J connectivity index is 2.22. The summed E-state index contributed by atoms with van der Waals surface area (Å²) in [6.07, 6.45) is 1.98. The monoisotopic (exact) mass is 256 g/mol. The van der Waals surface area contributed by atoms with Crippen molar-refractivity contribution in [2.75, 3.05) is 19.0 Å². The highest BCUT2D eigenvalue weighted by atomic mass is 16.4. The lowest BCUT2D eigenvalue weighted by Crippen LogP contribution is -2.13. The topological polar surface area (TPSA) is 61.6 Å². The SMILES string of the molecule is CN(C)c1cc(CC(=NO)c2ccccc2)ncn1. The van der Waals surface area contributed by atoms with Gasteiger partial charge in [-0.2, -0.15) is 0 Å². The number of nitrogens with zero attached hydrogens (tertiary/aromatic N) is 4. The molecule has 1 aromatic carbocycles. The molecule has 0 aliphatic carbocycles. The van der Waals surface area contributed by atoms with Gasteiger partial charge in [-0.05, 0) is 5.56 Å². The van der Waals surface area contributed by atoms with Crippen LogP contribution < -0.4 is 4.90 Å². The third-order valence-corrected chi connectivity index (χ3v) is 2.74. The first-order chi connectivity index (χ1) is 9.20. The smallest absolute Gasteiger partial charge is 0.131 e. The quantitative estimate of drug-likeness (QED) is 0.516. The van der Waals surface area contributed by atoms with Crippen molar-refractivity contribution in [3.05, 3.63) is 54.0 Å². The van der Waals surface area contributed by atoms with E-state index in [0.29, 0.717) is 12.1 Å². The van der Waals surface area contributed by atoms with Gasteiger partial charge in [-0.1, -0.05) is 35.5 Å². The molecule has 0 fully saturated rings. The number of hydrogen-bond acceptors (Lipinski definition) is 5. The minimum absolute atomic E-state index is 0.462. The summed E-state index contributed by atoms with van der Waals surface area (Å²) in [6.45, 7) is 0. The Hall–Kier alpha value is -2.43. The molecule has 1 N–H and O–H groups in total. The highest BCUT2D eigenvalue weighted by Crippen LogP contribution is 2.11. The van der Waals surface area contributed by atoms with E-state index < -0.39 is 0 Å². The largest absolute Gasteiger partial charge is 0.411 e. The molecule has 0 saturated carbocycles. The molecule has 19 heavy (non-hydrogen) atoms. The summed E-state index contributed by atoms with van der Waals surface area (Å²) in [4.78, 5) is 10.3. The maximum atomic E-state index is 9.15. The minimum atomic E-state index is 0.462. The maximum absolute atomic E-state index is 9.15. The van der Waals surface area contributed by atoms with Crippen LogP contribution in [0.4, 0.5) is 5.82 Å². The summed E-state index contributed by atoms with van der Waals surface area (Å²) in [5.74, 6) is 0.829. The molecular weight excluding hydrogens is 240 g/mol. The van der Waals surface area contributed by atoms with Crippen LogP contribution in [0.1, 0.15) is 11.3 Å². The van der Waals surface area contributed by atoms with Crippen LogP contribution >= 0.6 is 0 Å². The molecule has 1 aromatic heterocycles. The van der Waals surface area contributed by atoms with E-state index in [4.69, 9.17) is 5.21 Å². The van der Waals surface area contributed by atoms with Crippen LogP contribution in [0.3, 0.4) is 0 Å². The van der Waals surface area contributed by atoms with Crippen molar-refractivity contribution < 1.29 is 5.21 Å². The van der Waals surface area contributed by atoms with Gasteiger partial charge < -0.3 is 10.1 Å². The van der Waals surface area contributed by atoms with E-state index in [1.54, 1.807) is 0 Å². The zero-order valence-electron chi connectivity index (χ0n) is 11.0. The molecule has 0 bridgehead atoms. The Morgan fingerprint density at radius 1 is 1.21 bits per heavy atom. The van der Waals surface area contributed by atoms with Gasteiger partial charge in [-0.3, -0.25) is 0 Å². The standard InChI is InChI=1S/C14H16N4O/c1-18(2)14-9-12(15-10-16-14)8-13(17-19)11-6-4-3-5-7-11/h3-7,9-10,19H,8H2,1-2H3. The molecule has 2 aromatic rings. The Kier molecular flexibility index (Phi) is 4.07. The van der Waals surface area contributed by atoms with Crippen molar-refractivity contribution in [2.24, 2.45) is 5.16 Å². The lowest BCUT2D eigenvalue weighted by atomic mass is 10.1. The summed E-state index contributed by atoms with van der Waals surface area (Å²) in [5, 5.41) is 12.5. The highest BCUT2D eigenvalue weighted by molar-refractivity contribution is 6.01. The van der Waals surface area contributed by atoms with Crippen molar-refractivity contribution >= 4 is 11.5 Å². The van der Waals surface area contributed by atoms with Gasteiger partial charge >= 0.3 is 0 Å². The second kappa shape index (κ2) is 5.95. The number of benzene rings is 1. The fraction of sp³-hybridized carbons (Fsp3) is 0.214. The number of oxime groups is 1. The predicted molar refractivity (Wildman–Crippen MR) is 74.8 cm³/mol. The summed E-state index contributed by atoms with van der Waals surface area (Å²) >= 11 is 0. The third-order valence-electron chi connectivity index (χ3n) is 2.74. The molecule has 0 spiro atoms. The Morgan fingerprint density at radius 3 is 2.58 bits per heavy atom. The molecule has 0 amide bonds. The van der Waals surface area contributed by atoms with E-state index >= 15 is 0 Å². The Labute approximate surface area is 112 Å². The fourth-order valence-corrected chi connectivity index (χ4v) is 1.72. The van der Waals surface area contributed by atoms with Crippen LogP contribution in [0.15, 0.2) is 47.9 Å². The third kappa shape index (κ3) is 3.28. The first kappa shape index (κ1) is 13.0.